The Morgan fingerprint density at radius 2 is 2.09 bits per heavy atom. The average molecular weight is 317 g/mol. The number of nitrogens with zero attached hydrogens (tertiary/aromatic N) is 4. The lowest BCUT2D eigenvalue weighted by molar-refractivity contribution is -0.145. The van der Waals surface area contributed by atoms with E-state index in [0.717, 1.165) is 36.6 Å². The largest absolute Gasteiger partial charge is 0.469 e. The number of aromatic nitrogens is 4. The summed E-state index contributed by atoms with van der Waals surface area (Å²) in [4.78, 5) is 11.6. The molecule has 1 N–H and O–H groups in total. The van der Waals surface area contributed by atoms with Crippen molar-refractivity contribution in [3.63, 3.8) is 0 Å². The fourth-order valence-electron chi connectivity index (χ4n) is 3.04. The Hall–Kier alpha value is -2.18. The first-order valence-electron chi connectivity index (χ1n) is 7.96. The molecule has 0 unspecified atom stereocenters. The third-order valence-corrected chi connectivity index (χ3v) is 4.25. The van der Waals surface area contributed by atoms with E-state index in [0.29, 0.717) is 0 Å². The molecule has 0 amide bonds. The molecule has 0 radical (unpaired) electrons. The predicted molar refractivity (Wildman–Crippen MR) is 86.2 cm³/mol. The molecule has 2 heterocycles. The van der Waals surface area contributed by atoms with Gasteiger partial charge in [0.2, 0.25) is 0 Å². The smallest absolute Gasteiger partial charge is 0.308 e. The first kappa shape index (κ1) is 15.7. The van der Waals surface area contributed by atoms with E-state index in [1.807, 2.05) is 12.1 Å². The van der Waals surface area contributed by atoms with Gasteiger partial charge in [0.25, 0.3) is 0 Å². The highest BCUT2D eigenvalue weighted by Gasteiger charge is 2.31. The summed E-state index contributed by atoms with van der Waals surface area (Å²) >= 11 is 0. The van der Waals surface area contributed by atoms with Crippen molar-refractivity contribution >= 4 is 17.4 Å². The van der Waals surface area contributed by atoms with Crippen molar-refractivity contribution in [3.8, 4) is 0 Å². The number of fused-ring (bicyclic) bond motifs is 1. The normalized spacial score (nSPS) is 21.6. The van der Waals surface area contributed by atoms with Crippen molar-refractivity contribution in [2.75, 3.05) is 12.4 Å². The van der Waals surface area contributed by atoms with Crippen LogP contribution in [0.5, 0.6) is 0 Å². The van der Waals surface area contributed by atoms with Gasteiger partial charge in [0.15, 0.2) is 11.5 Å². The van der Waals surface area contributed by atoms with Crippen LogP contribution in [0.4, 0.5) is 5.82 Å². The second-order valence-electron chi connectivity index (χ2n) is 7.14. The number of hydrogen-bond acceptors (Lipinski definition) is 6. The quantitative estimate of drug-likeness (QED) is 0.874. The second kappa shape index (κ2) is 5.79. The number of anilines is 1. The standard InChI is InChI=1S/C16H23N5O2/c1-16(2,3)15-19-18-13-8-7-12(20-21(13)15)17-11-6-5-10(9-11)14(22)23-4/h7-8,10-11H,5-6,9H2,1-4H3,(H,17,20)/t10-,11+/m0/s1. The van der Waals surface area contributed by atoms with Gasteiger partial charge < -0.3 is 10.1 Å². The summed E-state index contributed by atoms with van der Waals surface area (Å²) in [6.07, 6.45) is 2.57. The third kappa shape index (κ3) is 3.13. The topological polar surface area (TPSA) is 81.4 Å². The molecule has 3 rings (SSSR count). The van der Waals surface area contributed by atoms with Gasteiger partial charge in [-0.3, -0.25) is 4.79 Å². The van der Waals surface area contributed by atoms with E-state index in [2.05, 4.69) is 41.4 Å². The van der Waals surface area contributed by atoms with Gasteiger partial charge in [-0.05, 0) is 31.4 Å². The van der Waals surface area contributed by atoms with Crippen LogP contribution in [-0.4, -0.2) is 38.9 Å². The van der Waals surface area contributed by atoms with Crippen molar-refractivity contribution in [1.82, 2.24) is 19.8 Å². The summed E-state index contributed by atoms with van der Waals surface area (Å²) in [6.45, 7) is 6.26. The van der Waals surface area contributed by atoms with Gasteiger partial charge in [-0.25, -0.2) is 0 Å². The lowest BCUT2D eigenvalue weighted by Gasteiger charge is -2.16. The molecule has 1 fully saturated rings. The maximum atomic E-state index is 11.6. The van der Waals surface area contributed by atoms with Crippen LogP contribution in [0.15, 0.2) is 12.1 Å². The Kier molecular flexibility index (Phi) is 3.95. The Morgan fingerprint density at radius 3 is 2.78 bits per heavy atom. The van der Waals surface area contributed by atoms with Crippen molar-refractivity contribution in [3.05, 3.63) is 18.0 Å². The van der Waals surface area contributed by atoms with Gasteiger partial charge in [0.05, 0.1) is 13.0 Å². The number of carbonyl (C=O) groups excluding carboxylic acids is 1. The van der Waals surface area contributed by atoms with Crippen LogP contribution < -0.4 is 5.32 Å². The van der Waals surface area contributed by atoms with Gasteiger partial charge in [-0.2, -0.15) is 4.52 Å². The molecular formula is C16H23N5O2. The van der Waals surface area contributed by atoms with E-state index < -0.39 is 0 Å². The summed E-state index contributed by atoms with van der Waals surface area (Å²) in [5.41, 5.74) is 0.605. The fourth-order valence-corrected chi connectivity index (χ4v) is 3.04. The summed E-state index contributed by atoms with van der Waals surface area (Å²) in [5.74, 6) is 1.47. The summed E-state index contributed by atoms with van der Waals surface area (Å²) < 4.78 is 6.62. The van der Waals surface area contributed by atoms with Gasteiger partial charge in [-0.1, -0.05) is 20.8 Å². The molecule has 0 bridgehead atoms. The molecule has 1 aliphatic carbocycles. The Morgan fingerprint density at radius 1 is 1.30 bits per heavy atom. The van der Waals surface area contributed by atoms with Crippen molar-refractivity contribution in [2.45, 2.75) is 51.5 Å². The number of ether oxygens (including phenoxy) is 1. The van der Waals surface area contributed by atoms with Crippen LogP contribution in [0.25, 0.3) is 5.65 Å². The molecule has 124 valence electrons. The maximum Gasteiger partial charge on any atom is 0.308 e. The molecule has 2 atom stereocenters. The third-order valence-electron chi connectivity index (χ3n) is 4.25. The molecule has 23 heavy (non-hydrogen) atoms. The molecule has 0 saturated heterocycles. The molecule has 1 saturated carbocycles. The minimum absolute atomic E-state index is 0.0127. The molecule has 0 aromatic carbocycles. The minimum Gasteiger partial charge on any atom is -0.469 e. The fraction of sp³-hybridized carbons (Fsp3) is 0.625. The molecular weight excluding hydrogens is 294 g/mol. The molecule has 0 spiro atoms. The highest BCUT2D eigenvalue weighted by Crippen LogP contribution is 2.29. The highest BCUT2D eigenvalue weighted by atomic mass is 16.5. The van der Waals surface area contributed by atoms with Crippen molar-refractivity contribution < 1.29 is 9.53 Å². The first-order chi connectivity index (χ1) is 10.9. The number of esters is 1. The zero-order chi connectivity index (χ0) is 16.6. The Labute approximate surface area is 135 Å². The van der Waals surface area contributed by atoms with Crippen LogP contribution in [0.2, 0.25) is 0 Å². The van der Waals surface area contributed by atoms with Crippen LogP contribution in [0, 0.1) is 5.92 Å². The molecule has 7 nitrogen and oxygen atoms in total. The van der Waals surface area contributed by atoms with Crippen LogP contribution in [-0.2, 0) is 14.9 Å². The lowest BCUT2D eigenvalue weighted by atomic mass is 9.96. The molecule has 2 aromatic rings. The molecule has 1 aliphatic rings. The van der Waals surface area contributed by atoms with Gasteiger partial charge in [0, 0.05) is 11.5 Å². The Balaban J connectivity index is 1.78. The SMILES string of the molecule is COC(=O)[C@H]1CC[C@@H](Nc2ccc3nnc(C(C)(C)C)n3n2)C1. The van der Waals surface area contributed by atoms with Crippen LogP contribution in [0.1, 0.15) is 45.9 Å². The monoisotopic (exact) mass is 317 g/mol. The first-order valence-corrected chi connectivity index (χ1v) is 7.96. The van der Waals surface area contributed by atoms with Gasteiger partial charge in [0.1, 0.15) is 5.82 Å². The molecule has 7 heteroatoms. The number of rotatable bonds is 3. The lowest BCUT2D eigenvalue weighted by Crippen LogP contribution is -2.21. The number of carbonyl (C=O) groups is 1. The van der Waals surface area contributed by atoms with Crippen molar-refractivity contribution in [2.24, 2.45) is 5.92 Å². The van der Waals surface area contributed by atoms with E-state index in [9.17, 15) is 4.79 Å². The Bertz CT molecular complexity index is 719. The zero-order valence-corrected chi connectivity index (χ0v) is 14.0. The number of nitrogens with one attached hydrogen (secondary N) is 1. The van der Waals surface area contributed by atoms with E-state index in [-0.39, 0.29) is 23.3 Å². The van der Waals surface area contributed by atoms with Crippen LogP contribution in [0.3, 0.4) is 0 Å². The minimum atomic E-state index is -0.131. The van der Waals surface area contributed by atoms with Crippen molar-refractivity contribution in [1.29, 1.82) is 0 Å². The number of hydrogen-bond donors (Lipinski definition) is 1. The predicted octanol–water partition coefficient (Wildman–Crippen LogP) is 2.18. The van der Waals surface area contributed by atoms with E-state index >= 15 is 0 Å². The summed E-state index contributed by atoms with van der Waals surface area (Å²) in [6, 6.07) is 4.05. The van der Waals surface area contributed by atoms with Gasteiger partial charge in [-0.15, -0.1) is 15.3 Å². The molecule has 0 aliphatic heterocycles. The van der Waals surface area contributed by atoms with Crippen LogP contribution >= 0.6 is 0 Å². The van der Waals surface area contributed by atoms with E-state index in [4.69, 9.17) is 4.74 Å². The molecule has 2 aromatic heterocycles. The average Bonchev–Trinajstić information content (AvgIpc) is 3.12. The maximum absolute atomic E-state index is 11.6. The second-order valence-corrected chi connectivity index (χ2v) is 7.14. The van der Waals surface area contributed by atoms with Gasteiger partial charge >= 0.3 is 5.97 Å². The zero-order valence-electron chi connectivity index (χ0n) is 14.0. The summed E-state index contributed by atoms with van der Waals surface area (Å²) in [5, 5.41) is 16.4. The number of methoxy groups -OCH3 is 1. The highest BCUT2D eigenvalue weighted by molar-refractivity contribution is 5.72. The van der Waals surface area contributed by atoms with E-state index in [1.165, 1.54) is 7.11 Å². The summed E-state index contributed by atoms with van der Waals surface area (Å²) in [7, 11) is 1.44. The van der Waals surface area contributed by atoms with E-state index in [1.54, 1.807) is 4.52 Å².